The Morgan fingerprint density at radius 1 is 1.26 bits per heavy atom. The first-order chi connectivity index (χ1) is 9.29. The lowest BCUT2D eigenvalue weighted by molar-refractivity contribution is 0.128. The molecule has 1 aliphatic carbocycles. The van der Waals surface area contributed by atoms with Crippen LogP contribution in [-0.2, 0) is 17.6 Å². The molecule has 1 heterocycles. The third kappa shape index (κ3) is 2.19. The highest BCUT2D eigenvalue weighted by Gasteiger charge is 2.21. The average Bonchev–Trinajstić information content (AvgIpc) is 2.90. The molecule has 4 nitrogen and oxygen atoms in total. The van der Waals surface area contributed by atoms with Crippen molar-refractivity contribution in [3.05, 3.63) is 63.3 Å². The van der Waals surface area contributed by atoms with Crippen LogP contribution in [0.4, 0.5) is 0 Å². The summed E-state index contributed by atoms with van der Waals surface area (Å²) in [5.41, 5.74) is 2.74. The van der Waals surface area contributed by atoms with Crippen LogP contribution in [-0.4, -0.2) is 17.1 Å². The fraction of sp³-hybridized carbons (Fsp3) is 0.333. The third-order valence-electron chi connectivity index (χ3n) is 3.55. The summed E-state index contributed by atoms with van der Waals surface area (Å²) >= 11 is 0. The zero-order chi connectivity index (χ0) is 13.2. The SMILES string of the molecule is COC(c1ccccc1)c1nc2c(c(=O)[nH]1)CCC2. The van der Waals surface area contributed by atoms with Crippen LogP contribution in [0.1, 0.15) is 35.2 Å². The molecular formula is C15H16N2O2. The number of aryl methyl sites for hydroxylation is 1. The normalized spacial score (nSPS) is 15.2. The Balaban J connectivity index is 2.06. The molecule has 1 aromatic carbocycles. The largest absolute Gasteiger partial charge is 0.369 e. The molecule has 4 heteroatoms. The molecule has 1 unspecified atom stereocenters. The van der Waals surface area contributed by atoms with Crippen molar-refractivity contribution in [2.45, 2.75) is 25.4 Å². The fourth-order valence-electron chi connectivity index (χ4n) is 2.62. The predicted molar refractivity (Wildman–Crippen MR) is 72.2 cm³/mol. The van der Waals surface area contributed by atoms with Crippen LogP contribution >= 0.6 is 0 Å². The molecule has 98 valence electrons. The molecule has 0 radical (unpaired) electrons. The van der Waals surface area contributed by atoms with Crippen LogP contribution in [0.2, 0.25) is 0 Å². The number of ether oxygens (including phenoxy) is 1. The van der Waals surface area contributed by atoms with E-state index in [2.05, 4.69) is 9.97 Å². The van der Waals surface area contributed by atoms with E-state index in [0.717, 1.165) is 36.1 Å². The number of benzene rings is 1. The van der Waals surface area contributed by atoms with Gasteiger partial charge in [-0.2, -0.15) is 0 Å². The highest BCUT2D eigenvalue weighted by molar-refractivity contribution is 5.27. The molecule has 0 saturated carbocycles. The van der Waals surface area contributed by atoms with Gasteiger partial charge in [0.1, 0.15) is 11.9 Å². The Labute approximate surface area is 111 Å². The van der Waals surface area contributed by atoms with Gasteiger partial charge in [-0.1, -0.05) is 30.3 Å². The van der Waals surface area contributed by atoms with Crippen LogP contribution in [0.5, 0.6) is 0 Å². The molecule has 1 aromatic heterocycles. The van der Waals surface area contributed by atoms with Crippen molar-refractivity contribution >= 4 is 0 Å². The summed E-state index contributed by atoms with van der Waals surface area (Å²) in [7, 11) is 1.63. The number of fused-ring (bicyclic) bond motifs is 1. The van der Waals surface area contributed by atoms with Gasteiger partial charge in [0, 0.05) is 12.7 Å². The number of H-pyrrole nitrogens is 1. The van der Waals surface area contributed by atoms with E-state index in [9.17, 15) is 4.79 Å². The molecule has 0 saturated heterocycles. The maximum atomic E-state index is 12.0. The molecule has 0 bridgehead atoms. The Morgan fingerprint density at radius 2 is 2.05 bits per heavy atom. The quantitative estimate of drug-likeness (QED) is 0.913. The number of aromatic nitrogens is 2. The van der Waals surface area contributed by atoms with Gasteiger partial charge in [-0.3, -0.25) is 4.79 Å². The maximum Gasteiger partial charge on any atom is 0.254 e. The summed E-state index contributed by atoms with van der Waals surface area (Å²) in [5.74, 6) is 0.597. The standard InChI is InChI=1S/C15H16N2O2/c1-19-13(10-6-3-2-4-7-10)14-16-12-9-5-8-11(12)15(18)17-14/h2-4,6-7,13H,5,8-9H2,1H3,(H,16,17,18). The minimum absolute atomic E-state index is 0.0181. The van der Waals surface area contributed by atoms with E-state index >= 15 is 0 Å². The minimum Gasteiger partial charge on any atom is -0.369 e. The van der Waals surface area contributed by atoms with Crippen LogP contribution in [0, 0.1) is 0 Å². The highest BCUT2D eigenvalue weighted by Crippen LogP contribution is 2.24. The fourth-order valence-corrected chi connectivity index (χ4v) is 2.62. The third-order valence-corrected chi connectivity index (χ3v) is 3.55. The van der Waals surface area contributed by atoms with E-state index in [1.807, 2.05) is 30.3 Å². The maximum absolute atomic E-state index is 12.0. The number of methoxy groups -OCH3 is 1. The summed E-state index contributed by atoms with van der Waals surface area (Å²) in [6, 6.07) is 9.80. The molecule has 0 amide bonds. The topological polar surface area (TPSA) is 55.0 Å². The van der Waals surface area contributed by atoms with Gasteiger partial charge in [0.25, 0.3) is 5.56 Å². The van der Waals surface area contributed by atoms with Gasteiger partial charge in [0.2, 0.25) is 0 Å². The van der Waals surface area contributed by atoms with Gasteiger partial charge in [0.15, 0.2) is 0 Å². The Bertz CT molecular complexity index is 634. The molecule has 2 aromatic rings. The second-order valence-electron chi connectivity index (χ2n) is 4.76. The van der Waals surface area contributed by atoms with E-state index in [4.69, 9.17) is 4.74 Å². The molecule has 0 fully saturated rings. The molecule has 1 atom stereocenters. The predicted octanol–water partition coefficient (Wildman–Crippen LogP) is 1.99. The Hall–Kier alpha value is -1.94. The Morgan fingerprint density at radius 3 is 2.79 bits per heavy atom. The molecule has 1 N–H and O–H groups in total. The van der Waals surface area contributed by atoms with Gasteiger partial charge in [-0.05, 0) is 24.8 Å². The van der Waals surface area contributed by atoms with Crippen molar-refractivity contribution in [3.63, 3.8) is 0 Å². The summed E-state index contributed by atoms with van der Waals surface area (Å²) < 4.78 is 5.50. The van der Waals surface area contributed by atoms with E-state index in [1.54, 1.807) is 7.11 Å². The van der Waals surface area contributed by atoms with E-state index in [1.165, 1.54) is 0 Å². The van der Waals surface area contributed by atoms with Crippen molar-refractivity contribution in [1.29, 1.82) is 0 Å². The van der Waals surface area contributed by atoms with E-state index in [-0.39, 0.29) is 11.7 Å². The smallest absolute Gasteiger partial charge is 0.254 e. The zero-order valence-corrected chi connectivity index (χ0v) is 10.8. The molecule has 3 rings (SSSR count). The lowest BCUT2D eigenvalue weighted by Gasteiger charge is -2.15. The van der Waals surface area contributed by atoms with Gasteiger partial charge in [-0.15, -0.1) is 0 Å². The number of nitrogens with zero attached hydrogens (tertiary/aromatic N) is 1. The first-order valence-corrected chi connectivity index (χ1v) is 6.49. The van der Waals surface area contributed by atoms with Gasteiger partial charge < -0.3 is 9.72 Å². The van der Waals surface area contributed by atoms with E-state index in [0.29, 0.717) is 5.82 Å². The van der Waals surface area contributed by atoms with Crippen LogP contribution in [0.25, 0.3) is 0 Å². The van der Waals surface area contributed by atoms with Crippen molar-refractivity contribution < 1.29 is 4.74 Å². The molecular weight excluding hydrogens is 240 g/mol. The van der Waals surface area contributed by atoms with Gasteiger partial charge in [0.05, 0.1) is 5.69 Å². The zero-order valence-electron chi connectivity index (χ0n) is 10.8. The van der Waals surface area contributed by atoms with Crippen LogP contribution in [0.3, 0.4) is 0 Å². The number of nitrogens with one attached hydrogen (secondary N) is 1. The molecule has 1 aliphatic rings. The van der Waals surface area contributed by atoms with Crippen LogP contribution < -0.4 is 5.56 Å². The van der Waals surface area contributed by atoms with Gasteiger partial charge >= 0.3 is 0 Å². The number of aromatic amines is 1. The molecule has 0 spiro atoms. The Kier molecular flexibility index (Phi) is 3.17. The van der Waals surface area contributed by atoms with Crippen molar-refractivity contribution in [3.8, 4) is 0 Å². The summed E-state index contributed by atoms with van der Waals surface area (Å²) in [4.78, 5) is 19.5. The highest BCUT2D eigenvalue weighted by atomic mass is 16.5. The van der Waals surface area contributed by atoms with Crippen molar-refractivity contribution in [2.24, 2.45) is 0 Å². The lowest BCUT2D eigenvalue weighted by Crippen LogP contribution is -2.20. The van der Waals surface area contributed by atoms with E-state index < -0.39 is 0 Å². The van der Waals surface area contributed by atoms with Crippen LogP contribution in [0.15, 0.2) is 35.1 Å². The molecule has 0 aliphatic heterocycles. The second kappa shape index (κ2) is 4.97. The lowest BCUT2D eigenvalue weighted by atomic mass is 10.1. The number of hydrogen-bond donors (Lipinski definition) is 1. The number of hydrogen-bond acceptors (Lipinski definition) is 3. The number of rotatable bonds is 3. The minimum atomic E-state index is -0.320. The van der Waals surface area contributed by atoms with Gasteiger partial charge in [-0.25, -0.2) is 4.98 Å². The van der Waals surface area contributed by atoms with Crippen molar-refractivity contribution in [2.75, 3.05) is 7.11 Å². The first-order valence-electron chi connectivity index (χ1n) is 6.49. The second-order valence-corrected chi connectivity index (χ2v) is 4.76. The average molecular weight is 256 g/mol. The first kappa shape index (κ1) is 12.1. The monoisotopic (exact) mass is 256 g/mol. The summed E-state index contributed by atoms with van der Waals surface area (Å²) in [5, 5.41) is 0. The molecule has 19 heavy (non-hydrogen) atoms. The summed E-state index contributed by atoms with van der Waals surface area (Å²) in [6.45, 7) is 0. The van der Waals surface area contributed by atoms with Crippen molar-refractivity contribution in [1.82, 2.24) is 9.97 Å². The summed E-state index contributed by atoms with van der Waals surface area (Å²) in [6.07, 6.45) is 2.41.